The SMILES string of the molecule is CC(CCOC(C)(C)CC(C)(C)C)OC(C)(C)C. The fourth-order valence-corrected chi connectivity index (χ4v) is 2.49. The van der Waals surface area contributed by atoms with Crippen LogP contribution in [0.25, 0.3) is 0 Å². The van der Waals surface area contributed by atoms with E-state index in [4.69, 9.17) is 9.47 Å². The molecule has 0 aliphatic rings. The predicted octanol–water partition coefficient (Wildman–Crippen LogP) is 4.81. The van der Waals surface area contributed by atoms with E-state index in [9.17, 15) is 0 Å². The molecule has 1 atom stereocenters. The average molecular weight is 258 g/mol. The van der Waals surface area contributed by atoms with E-state index in [1.807, 2.05) is 0 Å². The van der Waals surface area contributed by atoms with Gasteiger partial charge in [-0.1, -0.05) is 20.8 Å². The van der Waals surface area contributed by atoms with E-state index in [-0.39, 0.29) is 17.3 Å². The molecule has 0 spiro atoms. The molecule has 0 heterocycles. The molecule has 1 unspecified atom stereocenters. The number of hydrogen-bond acceptors (Lipinski definition) is 2. The maximum Gasteiger partial charge on any atom is 0.0631 e. The molecule has 0 radical (unpaired) electrons. The molecular formula is C16H34O2. The molecule has 0 fully saturated rings. The van der Waals surface area contributed by atoms with Gasteiger partial charge in [0.05, 0.1) is 17.3 Å². The summed E-state index contributed by atoms with van der Waals surface area (Å²) < 4.78 is 11.9. The molecule has 18 heavy (non-hydrogen) atoms. The van der Waals surface area contributed by atoms with Crippen LogP contribution in [0.1, 0.15) is 75.2 Å². The molecule has 110 valence electrons. The summed E-state index contributed by atoms with van der Waals surface area (Å²) >= 11 is 0. The zero-order valence-corrected chi connectivity index (χ0v) is 14.0. The normalized spacial score (nSPS) is 15.8. The smallest absolute Gasteiger partial charge is 0.0631 e. The molecule has 0 aromatic carbocycles. The van der Waals surface area contributed by atoms with Gasteiger partial charge in [-0.2, -0.15) is 0 Å². The second kappa shape index (κ2) is 6.38. The van der Waals surface area contributed by atoms with Gasteiger partial charge in [-0.25, -0.2) is 0 Å². The van der Waals surface area contributed by atoms with Crippen LogP contribution >= 0.6 is 0 Å². The highest BCUT2D eigenvalue weighted by Crippen LogP contribution is 2.29. The Morgan fingerprint density at radius 2 is 1.39 bits per heavy atom. The largest absolute Gasteiger partial charge is 0.375 e. The van der Waals surface area contributed by atoms with Crippen LogP contribution in [0.4, 0.5) is 0 Å². The van der Waals surface area contributed by atoms with E-state index >= 15 is 0 Å². The Kier molecular flexibility index (Phi) is 6.35. The van der Waals surface area contributed by atoms with Gasteiger partial charge in [0.2, 0.25) is 0 Å². The lowest BCUT2D eigenvalue weighted by atomic mass is 9.83. The first-order valence-electron chi connectivity index (χ1n) is 7.13. The van der Waals surface area contributed by atoms with Crippen LogP contribution in [0, 0.1) is 5.41 Å². The fourth-order valence-electron chi connectivity index (χ4n) is 2.49. The van der Waals surface area contributed by atoms with Gasteiger partial charge in [0.1, 0.15) is 0 Å². The first-order valence-corrected chi connectivity index (χ1v) is 7.13. The van der Waals surface area contributed by atoms with E-state index < -0.39 is 0 Å². The summed E-state index contributed by atoms with van der Waals surface area (Å²) in [7, 11) is 0. The summed E-state index contributed by atoms with van der Waals surface area (Å²) in [4.78, 5) is 0. The van der Waals surface area contributed by atoms with Gasteiger partial charge in [0.15, 0.2) is 0 Å². The van der Waals surface area contributed by atoms with Crippen molar-refractivity contribution in [2.75, 3.05) is 6.61 Å². The highest BCUT2D eigenvalue weighted by atomic mass is 16.5. The molecule has 0 aromatic heterocycles. The van der Waals surface area contributed by atoms with Gasteiger partial charge >= 0.3 is 0 Å². The summed E-state index contributed by atoms with van der Waals surface area (Å²) in [6, 6.07) is 0. The topological polar surface area (TPSA) is 18.5 Å². The number of rotatable bonds is 6. The van der Waals surface area contributed by atoms with Crippen LogP contribution in [0.15, 0.2) is 0 Å². The molecule has 0 saturated carbocycles. The van der Waals surface area contributed by atoms with Crippen molar-refractivity contribution in [3.8, 4) is 0 Å². The molecule has 0 rings (SSSR count). The van der Waals surface area contributed by atoms with E-state index in [2.05, 4.69) is 62.3 Å². The molecule has 0 N–H and O–H groups in total. The highest BCUT2D eigenvalue weighted by Gasteiger charge is 2.26. The number of hydrogen-bond donors (Lipinski definition) is 0. The van der Waals surface area contributed by atoms with Crippen LogP contribution in [0.5, 0.6) is 0 Å². The van der Waals surface area contributed by atoms with Gasteiger partial charge in [0, 0.05) is 6.61 Å². The summed E-state index contributed by atoms with van der Waals surface area (Å²) in [5.41, 5.74) is 0.178. The minimum absolute atomic E-state index is 0.0559. The van der Waals surface area contributed by atoms with Crippen LogP contribution in [-0.4, -0.2) is 23.9 Å². The predicted molar refractivity (Wildman–Crippen MR) is 79.0 cm³/mol. The first-order chi connectivity index (χ1) is 7.81. The van der Waals surface area contributed by atoms with Crippen molar-refractivity contribution < 1.29 is 9.47 Å². The molecule has 0 saturated heterocycles. The average Bonchev–Trinajstić information content (AvgIpc) is 1.93. The molecule has 0 aromatic rings. The highest BCUT2D eigenvalue weighted by molar-refractivity contribution is 4.77. The minimum atomic E-state index is -0.0691. The first kappa shape index (κ1) is 17.9. The van der Waals surface area contributed by atoms with Crippen LogP contribution < -0.4 is 0 Å². The fraction of sp³-hybridized carbons (Fsp3) is 1.00. The van der Waals surface area contributed by atoms with Gasteiger partial charge in [-0.15, -0.1) is 0 Å². The Hall–Kier alpha value is -0.0800. The van der Waals surface area contributed by atoms with Crippen molar-refractivity contribution in [2.45, 2.75) is 92.5 Å². The molecule has 0 amide bonds. The molecule has 0 aliphatic heterocycles. The molecule has 0 bridgehead atoms. The molecule has 2 nitrogen and oxygen atoms in total. The second-order valence-electron chi connectivity index (χ2n) is 8.18. The Morgan fingerprint density at radius 3 is 1.78 bits per heavy atom. The van der Waals surface area contributed by atoms with Crippen molar-refractivity contribution in [3.05, 3.63) is 0 Å². The lowest BCUT2D eigenvalue weighted by Crippen LogP contribution is -2.32. The standard InChI is InChI=1S/C16H34O2/c1-13(18-15(5,6)7)10-11-17-16(8,9)12-14(2,3)4/h13H,10-12H2,1-9H3. The van der Waals surface area contributed by atoms with E-state index in [1.54, 1.807) is 0 Å². The summed E-state index contributed by atoms with van der Waals surface area (Å²) in [5, 5.41) is 0. The third-order valence-corrected chi connectivity index (χ3v) is 2.53. The van der Waals surface area contributed by atoms with Crippen molar-refractivity contribution in [1.82, 2.24) is 0 Å². The van der Waals surface area contributed by atoms with Crippen LogP contribution in [0.2, 0.25) is 0 Å². The Morgan fingerprint density at radius 1 is 0.889 bits per heavy atom. The Balaban J connectivity index is 3.96. The zero-order valence-electron chi connectivity index (χ0n) is 14.0. The zero-order chi connectivity index (χ0) is 14.6. The van der Waals surface area contributed by atoms with Crippen LogP contribution in [0.3, 0.4) is 0 Å². The van der Waals surface area contributed by atoms with E-state index in [0.29, 0.717) is 5.41 Å². The lowest BCUT2D eigenvalue weighted by Gasteiger charge is -2.33. The number of ether oxygens (including phenoxy) is 2. The van der Waals surface area contributed by atoms with E-state index in [1.165, 1.54) is 0 Å². The monoisotopic (exact) mass is 258 g/mol. The van der Waals surface area contributed by atoms with E-state index in [0.717, 1.165) is 19.4 Å². The van der Waals surface area contributed by atoms with Gasteiger partial charge in [-0.3, -0.25) is 0 Å². The molecular weight excluding hydrogens is 224 g/mol. The summed E-state index contributed by atoms with van der Waals surface area (Å²) in [6.07, 6.45) is 2.26. The maximum atomic E-state index is 6.01. The lowest BCUT2D eigenvalue weighted by molar-refractivity contribution is -0.0866. The van der Waals surface area contributed by atoms with Crippen molar-refractivity contribution in [1.29, 1.82) is 0 Å². The summed E-state index contributed by atoms with van der Waals surface area (Å²) in [6.45, 7) is 20.3. The van der Waals surface area contributed by atoms with Crippen molar-refractivity contribution >= 4 is 0 Å². The molecule has 2 heteroatoms. The van der Waals surface area contributed by atoms with Gasteiger partial charge in [0.25, 0.3) is 0 Å². The van der Waals surface area contributed by atoms with Gasteiger partial charge in [-0.05, 0) is 59.8 Å². The van der Waals surface area contributed by atoms with Gasteiger partial charge < -0.3 is 9.47 Å². The van der Waals surface area contributed by atoms with Crippen molar-refractivity contribution in [2.24, 2.45) is 5.41 Å². The van der Waals surface area contributed by atoms with Crippen molar-refractivity contribution in [3.63, 3.8) is 0 Å². The third kappa shape index (κ3) is 11.0. The Labute approximate surface area is 114 Å². The maximum absolute atomic E-state index is 6.01. The van der Waals surface area contributed by atoms with Crippen LogP contribution in [-0.2, 0) is 9.47 Å². The minimum Gasteiger partial charge on any atom is -0.375 e. The molecule has 0 aliphatic carbocycles. The second-order valence-corrected chi connectivity index (χ2v) is 8.18. The third-order valence-electron chi connectivity index (χ3n) is 2.53. The Bertz CT molecular complexity index is 230. The summed E-state index contributed by atoms with van der Waals surface area (Å²) in [5.74, 6) is 0. The quantitative estimate of drug-likeness (QED) is 0.680.